The number of fused-ring (bicyclic) bond motifs is 1. The van der Waals surface area contributed by atoms with E-state index in [0.717, 1.165) is 63.8 Å². The lowest BCUT2D eigenvalue weighted by Crippen LogP contribution is -2.50. The van der Waals surface area contributed by atoms with Crippen LogP contribution < -0.4 is 10.2 Å². The average Bonchev–Trinajstić information content (AvgIpc) is 3.56. The van der Waals surface area contributed by atoms with Crippen molar-refractivity contribution in [2.24, 2.45) is 5.92 Å². The van der Waals surface area contributed by atoms with Gasteiger partial charge in [-0.15, -0.1) is 0 Å². The van der Waals surface area contributed by atoms with Crippen molar-refractivity contribution in [3.63, 3.8) is 0 Å². The third-order valence-electron chi connectivity index (χ3n) is 7.84. The first-order valence-corrected chi connectivity index (χ1v) is 12.3. The molecule has 0 aromatic carbocycles. The molecule has 0 spiro atoms. The van der Waals surface area contributed by atoms with Crippen LogP contribution in [-0.2, 0) is 9.59 Å². The minimum Gasteiger partial charge on any atom is -0.353 e. The predicted octanol–water partition coefficient (Wildman–Crippen LogP) is 0.794. The Morgan fingerprint density at radius 2 is 1.94 bits per heavy atom. The topological polar surface area (TPSA) is 72.0 Å². The van der Waals surface area contributed by atoms with Gasteiger partial charge in [0.05, 0.1) is 0 Å². The first-order valence-electron chi connectivity index (χ1n) is 12.3. The smallest absolute Gasteiger partial charge is 0.239 e. The molecule has 0 radical (unpaired) electrons. The number of likely N-dealkylation sites (tertiary alicyclic amines) is 1. The predicted molar refractivity (Wildman–Crippen MR) is 123 cm³/mol. The van der Waals surface area contributed by atoms with Gasteiger partial charge in [0.2, 0.25) is 11.8 Å². The fraction of sp³-hybridized carbons (Fsp3) is 0.708. The Hall–Kier alpha value is -2.19. The molecule has 5 rings (SSSR count). The Balaban J connectivity index is 1.12. The van der Waals surface area contributed by atoms with Gasteiger partial charge in [0.25, 0.3) is 0 Å². The molecule has 3 saturated heterocycles. The Kier molecular flexibility index (Phi) is 6.33. The largest absolute Gasteiger partial charge is 0.353 e. The third-order valence-corrected chi connectivity index (χ3v) is 7.84. The minimum atomic E-state index is -0.0269. The van der Waals surface area contributed by atoms with E-state index in [1.807, 2.05) is 29.3 Å². The van der Waals surface area contributed by atoms with Gasteiger partial charge in [0.1, 0.15) is 11.9 Å². The highest BCUT2D eigenvalue weighted by atomic mass is 16.2. The monoisotopic (exact) mass is 440 g/mol. The Labute approximate surface area is 190 Å². The zero-order valence-corrected chi connectivity index (χ0v) is 19.2. The van der Waals surface area contributed by atoms with E-state index in [2.05, 4.69) is 32.0 Å². The Bertz CT molecular complexity index is 808. The number of nitrogens with zero attached hydrogens (tertiary/aromatic N) is 5. The highest BCUT2D eigenvalue weighted by Gasteiger charge is 2.46. The molecule has 0 unspecified atom stereocenters. The molecule has 4 aliphatic rings. The van der Waals surface area contributed by atoms with Crippen molar-refractivity contribution in [2.45, 2.75) is 50.2 Å². The van der Waals surface area contributed by atoms with Crippen LogP contribution in [-0.4, -0.2) is 102 Å². The Morgan fingerprint density at radius 1 is 1.12 bits per heavy atom. The van der Waals surface area contributed by atoms with Crippen molar-refractivity contribution in [2.75, 3.05) is 57.8 Å². The third kappa shape index (κ3) is 4.62. The molecule has 3 aliphatic heterocycles. The van der Waals surface area contributed by atoms with Gasteiger partial charge in [-0.3, -0.25) is 19.4 Å². The quantitative estimate of drug-likeness (QED) is 0.705. The molecule has 174 valence electrons. The van der Waals surface area contributed by atoms with Gasteiger partial charge < -0.3 is 15.1 Å². The summed E-state index contributed by atoms with van der Waals surface area (Å²) in [5, 5.41) is 3.19. The highest BCUT2D eigenvalue weighted by Crippen LogP contribution is 2.34. The molecule has 4 heterocycles. The summed E-state index contributed by atoms with van der Waals surface area (Å²) in [6.07, 6.45) is 6.81. The summed E-state index contributed by atoms with van der Waals surface area (Å²) in [5.41, 5.74) is 0. The standard InChI is InChI=1S/C24H36N6O2/c1-27-19(16-26-24(32)23-20(27)9-11-30(23)17-18-5-6-18)7-8-22(31)29-14-12-28(13-15-29)21-4-2-3-10-25-21/h2-4,10,18-20,23H,5-9,11-17H2,1H3,(H,26,32)/t19-,20+,23-/m0/s1. The minimum absolute atomic E-state index is 0.0269. The van der Waals surface area contributed by atoms with Gasteiger partial charge in [-0.05, 0) is 50.8 Å². The molecule has 0 bridgehead atoms. The second-order valence-electron chi connectivity index (χ2n) is 9.90. The molecule has 1 aliphatic carbocycles. The molecule has 8 nitrogen and oxygen atoms in total. The van der Waals surface area contributed by atoms with E-state index >= 15 is 0 Å². The van der Waals surface area contributed by atoms with E-state index in [1.54, 1.807) is 0 Å². The number of anilines is 1. The van der Waals surface area contributed by atoms with E-state index in [-0.39, 0.29) is 29.9 Å². The van der Waals surface area contributed by atoms with Crippen LogP contribution in [0.2, 0.25) is 0 Å². The number of hydrogen-bond donors (Lipinski definition) is 1. The maximum atomic E-state index is 12.9. The summed E-state index contributed by atoms with van der Waals surface area (Å²) >= 11 is 0. The van der Waals surface area contributed by atoms with Crippen LogP contribution in [0.25, 0.3) is 0 Å². The van der Waals surface area contributed by atoms with E-state index in [0.29, 0.717) is 13.0 Å². The highest BCUT2D eigenvalue weighted by molar-refractivity contribution is 5.83. The van der Waals surface area contributed by atoms with Crippen LogP contribution >= 0.6 is 0 Å². The summed E-state index contributed by atoms with van der Waals surface area (Å²) in [7, 11) is 2.15. The normalized spacial score (nSPS) is 29.5. The molecule has 1 N–H and O–H groups in total. The number of hydrogen-bond acceptors (Lipinski definition) is 6. The van der Waals surface area contributed by atoms with E-state index in [9.17, 15) is 9.59 Å². The molecule has 1 aromatic rings. The number of likely N-dealkylation sites (N-methyl/N-ethyl adjacent to an activating group) is 1. The fourth-order valence-corrected chi connectivity index (χ4v) is 5.66. The van der Waals surface area contributed by atoms with E-state index < -0.39 is 0 Å². The number of carbonyl (C=O) groups excluding carboxylic acids is 2. The van der Waals surface area contributed by atoms with Gasteiger partial charge in [0.15, 0.2) is 0 Å². The van der Waals surface area contributed by atoms with Crippen LogP contribution in [0.4, 0.5) is 5.82 Å². The second-order valence-corrected chi connectivity index (χ2v) is 9.90. The molecule has 4 fully saturated rings. The number of aromatic nitrogens is 1. The van der Waals surface area contributed by atoms with Crippen molar-refractivity contribution in [3.8, 4) is 0 Å². The molecule has 32 heavy (non-hydrogen) atoms. The zero-order chi connectivity index (χ0) is 22.1. The maximum Gasteiger partial charge on any atom is 0.239 e. The van der Waals surface area contributed by atoms with Crippen LogP contribution in [0.15, 0.2) is 24.4 Å². The molecule has 2 amide bonds. The fourth-order valence-electron chi connectivity index (χ4n) is 5.66. The van der Waals surface area contributed by atoms with Gasteiger partial charge >= 0.3 is 0 Å². The molecule has 1 saturated carbocycles. The number of rotatable bonds is 6. The first-order chi connectivity index (χ1) is 15.6. The zero-order valence-electron chi connectivity index (χ0n) is 19.2. The number of carbonyl (C=O) groups is 2. The first kappa shape index (κ1) is 21.6. The van der Waals surface area contributed by atoms with E-state index in [4.69, 9.17) is 0 Å². The van der Waals surface area contributed by atoms with Gasteiger partial charge in [-0.25, -0.2) is 4.98 Å². The summed E-state index contributed by atoms with van der Waals surface area (Å²) in [5.74, 6) is 2.19. The molecular formula is C24H36N6O2. The lowest BCUT2D eigenvalue weighted by molar-refractivity contribution is -0.132. The van der Waals surface area contributed by atoms with Gasteiger partial charge in [0, 0.05) is 70.5 Å². The van der Waals surface area contributed by atoms with Crippen LogP contribution in [0.5, 0.6) is 0 Å². The summed E-state index contributed by atoms with van der Waals surface area (Å²) in [4.78, 5) is 39.2. The summed E-state index contributed by atoms with van der Waals surface area (Å²) in [6.45, 7) is 5.85. The van der Waals surface area contributed by atoms with Crippen LogP contribution in [0.3, 0.4) is 0 Å². The van der Waals surface area contributed by atoms with Crippen molar-refractivity contribution in [1.29, 1.82) is 0 Å². The molecular weight excluding hydrogens is 404 g/mol. The number of piperazine rings is 1. The van der Waals surface area contributed by atoms with Gasteiger partial charge in [-0.1, -0.05) is 6.07 Å². The molecule has 3 atom stereocenters. The lowest BCUT2D eigenvalue weighted by Gasteiger charge is -2.36. The summed E-state index contributed by atoms with van der Waals surface area (Å²) in [6, 6.07) is 6.40. The molecule has 8 heteroatoms. The second kappa shape index (κ2) is 9.35. The summed E-state index contributed by atoms with van der Waals surface area (Å²) < 4.78 is 0. The van der Waals surface area contributed by atoms with Gasteiger partial charge in [-0.2, -0.15) is 0 Å². The Morgan fingerprint density at radius 3 is 2.66 bits per heavy atom. The number of pyridine rings is 1. The van der Waals surface area contributed by atoms with Crippen molar-refractivity contribution >= 4 is 17.6 Å². The van der Waals surface area contributed by atoms with E-state index in [1.165, 1.54) is 12.8 Å². The van der Waals surface area contributed by atoms with Crippen molar-refractivity contribution < 1.29 is 9.59 Å². The van der Waals surface area contributed by atoms with Crippen LogP contribution in [0.1, 0.15) is 32.1 Å². The van der Waals surface area contributed by atoms with Crippen LogP contribution in [0, 0.1) is 5.92 Å². The number of amides is 2. The number of nitrogens with one attached hydrogen (secondary N) is 1. The maximum absolute atomic E-state index is 12.9. The average molecular weight is 441 g/mol. The lowest BCUT2D eigenvalue weighted by atomic mass is 10.0. The SMILES string of the molecule is CN1[C@@H](CCC(=O)N2CCN(c3ccccn3)CC2)CNC(=O)[C@@H]2[C@H]1CCN2CC1CC1. The van der Waals surface area contributed by atoms with Crippen molar-refractivity contribution in [1.82, 2.24) is 25.0 Å². The molecule has 1 aromatic heterocycles. The van der Waals surface area contributed by atoms with Crippen molar-refractivity contribution in [3.05, 3.63) is 24.4 Å².